The molecule has 0 amide bonds. The molecule has 1 saturated carbocycles. The molecular formula is C7H13NO2. The zero-order valence-electron chi connectivity index (χ0n) is 6.22. The molecule has 3 heteroatoms. The van der Waals surface area contributed by atoms with Crippen molar-refractivity contribution in [1.29, 1.82) is 0 Å². The Morgan fingerprint density at radius 1 is 1.70 bits per heavy atom. The highest BCUT2D eigenvalue weighted by Crippen LogP contribution is 2.49. The molecule has 10 heavy (non-hydrogen) atoms. The lowest BCUT2D eigenvalue weighted by Crippen LogP contribution is -2.21. The van der Waals surface area contributed by atoms with Crippen molar-refractivity contribution in [3.8, 4) is 0 Å². The monoisotopic (exact) mass is 143 g/mol. The first-order valence-corrected chi connectivity index (χ1v) is 3.62. The number of ether oxygens (including phenoxy) is 1. The summed E-state index contributed by atoms with van der Waals surface area (Å²) in [5.41, 5.74) is 4.93. The molecule has 0 aromatic carbocycles. The van der Waals surface area contributed by atoms with Crippen LogP contribution in [0.3, 0.4) is 0 Å². The van der Waals surface area contributed by atoms with Crippen LogP contribution in [0.1, 0.15) is 26.2 Å². The zero-order chi connectivity index (χ0) is 7.61. The van der Waals surface area contributed by atoms with Crippen LogP contribution in [0.5, 0.6) is 0 Å². The first kappa shape index (κ1) is 7.54. The predicted molar refractivity (Wildman–Crippen MR) is 37.1 cm³/mol. The lowest BCUT2D eigenvalue weighted by Gasteiger charge is -2.09. The lowest BCUT2D eigenvalue weighted by molar-refractivity contribution is -0.150. The summed E-state index contributed by atoms with van der Waals surface area (Å²) in [4.78, 5) is 11.1. The Morgan fingerprint density at radius 2 is 2.30 bits per heavy atom. The maximum absolute atomic E-state index is 11.1. The lowest BCUT2D eigenvalue weighted by atomic mass is 10.1. The third-order valence-corrected chi connectivity index (χ3v) is 2.18. The van der Waals surface area contributed by atoms with Gasteiger partial charge in [-0.2, -0.15) is 0 Å². The second-order valence-electron chi connectivity index (χ2n) is 2.73. The summed E-state index contributed by atoms with van der Waals surface area (Å²) in [6.45, 7) is 2.02. The van der Waals surface area contributed by atoms with Gasteiger partial charge in [0, 0.05) is 0 Å². The van der Waals surface area contributed by atoms with Crippen molar-refractivity contribution >= 4 is 5.97 Å². The van der Waals surface area contributed by atoms with Crippen LogP contribution in [0, 0.1) is 5.41 Å². The molecule has 3 nitrogen and oxygen atoms in total. The molecule has 1 rings (SSSR count). The third-order valence-electron chi connectivity index (χ3n) is 2.18. The van der Waals surface area contributed by atoms with E-state index in [-0.39, 0.29) is 18.1 Å². The highest BCUT2D eigenvalue weighted by Gasteiger charge is 2.49. The van der Waals surface area contributed by atoms with Crippen LogP contribution in [-0.4, -0.2) is 12.7 Å². The summed E-state index contributed by atoms with van der Waals surface area (Å²) in [5, 5.41) is 0. The van der Waals surface area contributed by atoms with Gasteiger partial charge >= 0.3 is 5.97 Å². The average molecular weight is 143 g/mol. The molecule has 0 heterocycles. The minimum atomic E-state index is -0.140. The first-order valence-electron chi connectivity index (χ1n) is 3.62. The van der Waals surface area contributed by atoms with Crippen LogP contribution < -0.4 is 5.73 Å². The van der Waals surface area contributed by atoms with Crippen LogP contribution in [-0.2, 0) is 9.53 Å². The van der Waals surface area contributed by atoms with Crippen molar-refractivity contribution in [2.24, 2.45) is 11.1 Å². The molecule has 2 N–H and O–H groups in total. The van der Waals surface area contributed by atoms with E-state index in [2.05, 4.69) is 0 Å². The van der Waals surface area contributed by atoms with Gasteiger partial charge in [-0.15, -0.1) is 0 Å². The van der Waals surface area contributed by atoms with Crippen LogP contribution in [0.4, 0.5) is 0 Å². The van der Waals surface area contributed by atoms with Crippen molar-refractivity contribution in [2.45, 2.75) is 26.2 Å². The summed E-state index contributed by atoms with van der Waals surface area (Å²) in [6.07, 6.45) is 2.83. The fraction of sp³-hybridized carbons (Fsp3) is 0.857. The fourth-order valence-electron chi connectivity index (χ4n) is 1.08. The maximum Gasteiger partial charge on any atom is 0.313 e. The quantitative estimate of drug-likeness (QED) is 0.466. The summed E-state index contributed by atoms with van der Waals surface area (Å²) in [7, 11) is 0. The molecule has 0 aromatic rings. The van der Waals surface area contributed by atoms with Gasteiger partial charge in [-0.05, 0) is 19.3 Å². The van der Waals surface area contributed by atoms with Crippen molar-refractivity contribution in [2.75, 3.05) is 6.73 Å². The Bertz CT molecular complexity index is 141. The Labute approximate surface area is 60.5 Å². The SMILES string of the molecule is CCC1(C(=O)OCN)CC1. The van der Waals surface area contributed by atoms with Gasteiger partial charge < -0.3 is 4.74 Å². The van der Waals surface area contributed by atoms with E-state index in [9.17, 15) is 4.79 Å². The standard InChI is InChI=1S/C7H13NO2/c1-2-7(3-4-7)6(9)10-5-8/h2-5,8H2,1H3. The van der Waals surface area contributed by atoms with E-state index in [4.69, 9.17) is 10.5 Å². The summed E-state index contributed by atoms with van der Waals surface area (Å²) < 4.78 is 4.70. The van der Waals surface area contributed by atoms with Gasteiger partial charge in [-0.1, -0.05) is 6.92 Å². The van der Waals surface area contributed by atoms with Gasteiger partial charge in [0.15, 0.2) is 0 Å². The molecule has 58 valence electrons. The maximum atomic E-state index is 11.1. The van der Waals surface area contributed by atoms with Crippen LogP contribution in [0.2, 0.25) is 0 Å². The van der Waals surface area contributed by atoms with Crippen molar-refractivity contribution in [1.82, 2.24) is 0 Å². The van der Waals surface area contributed by atoms with Gasteiger partial charge in [0.25, 0.3) is 0 Å². The third kappa shape index (κ3) is 1.14. The molecule has 0 saturated heterocycles. The Kier molecular flexibility index (Phi) is 1.94. The molecule has 0 radical (unpaired) electrons. The number of carbonyl (C=O) groups is 1. The van der Waals surface area contributed by atoms with Crippen molar-refractivity contribution < 1.29 is 9.53 Å². The number of nitrogens with two attached hydrogens (primary N) is 1. The van der Waals surface area contributed by atoms with Crippen molar-refractivity contribution in [3.05, 3.63) is 0 Å². The second kappa shape index (κ2) is 2.58. The van der Waals surface area contributed by atoms with E-state index < -0.39 is 0 Å². The van der Waals surface area contributed by atoms with E-state index in [0.29, 0.717) is 0 Å². The van der Waals surface area contributed by atoms with Crippen LogP contribution in [0.15, 0.2) is 0 Å². The number of carbonyl (C=O) groups excluding carboxylic acids is 1. The summed E-state index contributed by atoms with van der Waals surface area (Å²) >= 11 is 0. The predicted octanol–water partition coefficient (Wildman–Crippen LogP) is 0.636. The van der Waals surface area contributed by atoms with Crippen LogP contribution in [0.25, 0.3) is 0 Å². The molecule has 1 aliphatic rings. The summed E-state index contributed by atoms with van der Waals surface area (Å²) in [5.74, 6) is -0.113. The van der Waals surface area contributed by atoms with Gasteiger partial charge in [0.2, 0.25) is 0 Å². The molecule has 0 aliphatic heterocycles. The zero-order valence-corrected chi connectivity index (χ0v) is 6.22. The molecule has 0 bridgehead atoms. The largest absolute Gasteiger partial charge is 0.450 e. The molecular weight excluding hydrogens is 130 g/mol. The van der Waals surface area contributed by atoms with E-state index in [1.54, 1.807) is 0 Å². The number of hydrogen-bond donors (Lipinski definition) is 1. The van der Waals surface area contributed by atoms with E-state index >= 15 is 0 Å². The smallest absolute Gasteiger partial charge is 0.313 e. The molecule has 1 aliphatic carbocycles. The Balaban J connectivity index is 2.40. The molecule has 0 spiro atoms. The van der Waals surface area contributed by atoms with Crippen LogP contribution >= 0.6 is 0 Å². The van der Waals surface area contributed by atoms with Gasteiger partial charge in [0.05, 0.1) is 5.41 Å². The minimum absolute atomic E-state index is 0.0145. The molecule has 1 fully saturated rings. The van der Waals surface area contributed by atoms with E-state index in [0.717, 1.165) is 19.3 Å². The van der Waals surface area contributed by atoms with Crippen molar-refractivity contribution in [3.63, 3.8) is 0 Å². The highest BCUT2D eigenvalue weighted by atomic mass is 16.5. The Morgan fingerprint density at radius 3 is 2.60 bits per heavy atom. The normalized spacial score (nSPS) is 20.2. The fourth-order valence-corrected chi connectivity index (χ4v) is 1.08. The molecule has 0 unspecified atom stereocenters. The highest BCUT2D eigenvalue weighted by molar-refractivity contribution is 5.79. The average Bonchev–Trinajstić information content (AvgIpc) is 2.68. The minimum Gasteiger partial charge on any atom is -0.450 e. The summed E-state index contributed by atoms with van der Waals surface area (Å²) in [6, 6.07) is 0. The van der Waals surface area contributed by atoms with E-state index in [1.807, 2.05) is 6.92 Å². The number of rotatable bonds is 3. The number of esters is 1. The number of hydrogen-bond acceptors (Lipinski definition) is 3. The van der Waals surface area contributed by atoms with E-state index in [1.165, 1.54) is 0 Å². The van der Waals surface area contributed by atoms with Gasteiger partial charge in [-0.25, -0.2) is 0 Å². The van der Waals surface area contributed by atoms with Gasteiger partial charge in [-0.3, -0.25) is 10.5 Å². The first-order chi connectivity index (χ1) is 4.75. The molecule has 0 atom stereocenters. The second-order valence-corrected chi connectivity index (χ2v) is 2.73. The Hall–Kier alpha value is -0.570. The topological polar surface area (TPSA) is 52.3 Å². The molecule has 0 aromatic heterocycles. The van der Waals surface area contributed by atoms with Gasteiger partial charge in [0.1, 0.15) is 6.73 Å².